The molecule has 0 saturated heterocycles. The van der Waals surface area contributed by atoms with Crippen LogP contribution in [0.15, 0.2) is 103 Å². The average Bonchev–Trinajstić information content (AvgIpc) is 2.93. The Morgan fingerprint density at radius 1 is 0.865 bits per heavy atom. The summed E-state index contributed by atoms with van der Waals surface area (Å²) in [6, 6.07) is 28.6. The molecule has 2 N–H and O–H groups in total. The fraction of sp³-hybridized carbons (Fsp3) is 0.258. The molecule has 0 saturated carbocycles. The predicted molar refractivity (Wildman–Crippen MR) is 142 cm³/mol. The van der Waals surface area contributed by atoms with Gasteiger partial charge in [-0.25, -0.2) is 0 Å². The number of amides is 2. The van der Waals surface area contributed by atoms with E-state index in [9.17, 15) is 14.4 Å². The van der Waals surface area contributed by atoms with Crippen LogP contribution in [-0.2, 0) is 19.1 Å². The monoisotopic (exact) mass is 496 g/mol. The summed E-state index contributed by atoms with van der Waals surface area (Å²) in [7, 11) is 0. The zero-order valence-electron chi connectivity index (χ0n) is 20.7. The number of esters is 1. The number of carbonyl (C=O) groups excluding carboxylic acids is 3. The minimum atomic E-state index is -0.587. The van der Waals surface area contributed by atoms with Crippen molar-refractivity contribution in [3.05, 3.63) is 120 Å². The summed E-state index contributed by atoms with van der Waals surface area (Å²) in [6.07, 6.45) is 4.38. The van der Waals surface area contributed by atoms with Crippen molar-refractivity contribution < 1.29 is 19.1 Å². The highest BCUT2D eigenvalue weighted by molar-refractivity contribution is 5.86. The molecule has 0 unspecified atom stereocenters. The smallest absolute Gasteiger partial charge is 0.306 e. The number of hydrogen-bond donors (Lipinski definition) is 2. The van der Waals surface area contributed by atoms with Crippen LogP contribution in [0.4, 0.5) is 0 Å². The summed E-state index contributed by atoms with van der Waals surface area (Å²) < 4.78 is 5.66. The van der Waals surface area contributed by atoms with Gasteiger partial charge in [0.15, 0.2) is 0 Å². The first-order chi connectivity index (χ1) is 18.1. The molecule has 6 heteroatoms. The quantitative estimate of drug-likeness (QED) is 0.370. The minimum Gasteiger partial charge on any atom is -0.456 e. The van der Waals surface area contributed by atoms with E-state index in [1.54, 1.807) is 0 Å². The van der Waals surface area contributed by atoms with Gasteiger partial charge in [0, 0.05) is 12.8 Å². The second-order valence-electron chi connectivity index (χ2n) is 9.10. The third kappa shape index (κ3) is 7.64. The van der Waals surface area contributed by atoms with Gasteiger partial charge in [0.1, 0.15) is 6.10 Å². The SMILES string of the molecule is O=C(C[C@@H]1CC=CCCC(=O)O[C@H](c2ccccc2)CNC1=O)NC(c1ccccc1)c1ccccc1. The maximum absolute atomic E-state index is 13.2. The summed E-state index contributed by atoms with van der Waals surface area (Å²) in [6.45, 7) is 0.146. The second kappa shape index (κ2) is 13.2. The highest BCUT2D eigenvalue weighted by Gasteiger charge is 2.26. The molecule has 4 rings (SSSR count). The Kier molecular flexibility index (Phi) is 9.24. The van der Waals surface area contributed by atoms with Crippen LogP contribution in [0.3, 0.4) is 0 Å². The summed E-state index contributed by atoms with van der Waals surface area (Å²) in [5.74, 6) is -1.30. The number of nitrogens with one attached hydrogen (secondary N) is 2. The highest BCUT2D eigenvalue weighted by atomic mass is 16.5. The first kappa shape index (κ1) is 25.9. The van der Waals surface area contributed by atoms with Crippen LogP contribution in [0, 0.1) is 5.92 Å². The maximum Gasteiger partial charge on any atom is 0.306 e. The molecule has 3 aromatic carbocycles. The molecule has 0 fully saturated rings. The summed E-state index contributed by atoms with van der Waals surface area (Å²) >= 11 is 0. The fourth-order valence-electron chi connectivity index (χ4n) is 4.41. The molecular formula is C31H32N2O4. The van der Waals surface area contributed by atoms with E-state index in [1.807, 2.05) is 103 Å². The van der Waals surface area contributed by atoms with Gasteiger partial charge in [-0.3, -0.25) is 14.4 Å². The van der Waals surface area contributed by atoms with E-state index in [0.29, 0.717) is 12.8 Å². The second-order valence-corrected chi connectivity index (χ2v) is 9.10. The van der Waals surface area contributed by atoms with Crippen molar-refractivity contribution in [2.75, 3.05) is 6.54 Å². The van der Waals surface area contributed by atoms with E-state index in [1.165, 1.54) is 0 Å². The number of cyclic esters (lactones) is 1. The lowest BCUT2D eigenvalue weighted by Gasteiger charge is -2.23. The number of rotatable bonds is 6. The minimum absolute atomic E-state index is 0.0438. The lowest BCUT2D eigenvalue weighted by atomic mass is 9.96. The summed E-state index contributed by atoms with van der Waals surface area (Å²) in [4.78, 5) is 38.7. The first-order valence-corrected chi connectivity index (χ1v) is 12.7. The Hall–Kier alpha value is -4.19. The molecule has 6 nitrogen and oxygen atoms in total. The molecule has 1 heterocycles. The van der Waals surface area contributed by atoms with Gasteiger partial charge in [-0.1, -0.05) is 103 Å². The van der Waals surface area contributed by atoms with Crippen molar-refractivity contribution in [2.24, 2.45) is 5.92 Å². The molecule has 2 amide bonds. The molecule has 0 spiro atoms. The van der Waals surface area contributed by atoms with E-state index >= 15 is 0 Å². The average molecular weight is 497 g/mol. The maximum atomic E-state index is 13.2. The first-order valence-electron chi connectivity index (χ1n) is 12.7. The fourth-order valence-corrected chi connectivity index (χ4v) is 4.41. The molecule has 1 aliphatic rings. The largest absolute Gasteiger partial charge is 0.456 e. The molecule has 0 aromatic heterocycles. The van der Waals surface area contributed by atoms with Crippen LogP contribution in [0.25, 0.3) is 0 Å². The van der Waals surface area contributed by atoms with Gasteiger partial charge in [-0.05, 0) is 29.5 Å². The van der Waals surface area contributed by atoms with Crippen molar-refractivity contribution in [1.82, 2.24) is 10.6 Å². The van der Waals surface area contributed by atoms with E-state index < -0.39 is 12.0 Å². The molecular weight excluding hydrogens is 464 g/mol. The summed E-state index contributed by atoms with van der Waals surface area (Å²) in [5.41, 5.74) is 2.75. The Morgan fingerprint density at radius 3 is 2.08 bits per heavy atom. The van der Waals surface area contributed by atoms with E-state index in [2.05, 4.69) is 10.6 Å². The van der Waals surface area contributed by atoms with Gasteiger partial charge in [0.05, 0.1) is 18.5 Å². The van der Waals surface area contributed by atoms with Crippen molar-refractivity contribution >= 4 is 17.8 Å². The van der Waals surface area contributed by atoms with Gasteiger partial charge in [0.2, 0.25) is 11.8 Å². The van der Waals surface area contributed by atoms with Gasteiger partial charge in [-0.2, -0.15) is 0 Å². The standard InChI is InChI=1S/C31H32N2O4/c34-28(33-30(24-15-7-2-8-16-24)25-17-9-3-10-18-25)21-26-19-11-4-12-20-29(35)37-27(22-32-31(26)36)23-13-5-1-6-14-23/h1-11,13-18,26-27,30H,12,19-22H2,(H,32,36)(H,33,34)/t26-,27-/m0/s1. The molecule has 1 aliphatic heterocycles. The third-order valence-corrected chi connectivity index (χ3v) is 6.38. The highest BCUT2D eigenvalue weighted by Crippen LogP contribution is 2.23. The van der Waals surface area contributed by atoms with Gasteiger partial charge in [0.25, 0.3) is 0 Å². The molecule has 3 aromatic rings. The van der Waals surface area contributed by atoms with Crippen molar-refractivity contribution in [1.29, 1.82) is 0 Å². The van der Waals surface area contributed by atoms with Crippen LogP contribution >= 0.6 is 0 Å². The zero-order chi connectivity index (χ0) is 25.9. The number of benzene rings is 3. The lowest BCUT2D eigenvalue weighted by Crippen LogP contribution is -2.38. The zero-order valence-corrected chi connectivity index (χ0v) is 20.7. The topological polar surface area (TPSA) is 84.5 Å². The Balaban J connectivity index is 1.48. The molecule has 0 aliphatic carbocycles. The Morgan fingerprint density at radius 2 is 1.46 bits per heavy atom. The lowest BCUT2D eigenvalue weighted by molar-refractivity contribution is -0.150. The Bertz CT molecular complexity index is 1160. The van der Waals surface area contributed by atoms with Crippen molar-refractivity contribution in [3.8, 4) is 0 Å². The molecule has 2 atom stereocenters. The normalized spacial score (nSPS) is 18.7. The number of hydrogen-bond acceptors (Lipinski definition) is 4. The van der Waals surface area contributed by atoms with Crippen LogP contribution < -0.4 is 10.6 Å². The Labute approximate surface area is 217 Å². The van der Waals surface area contributed by atoms with E-state index in [4.69, 9.17) is 4.74 Å². The van der Waals surface area contributed by atoms with Crippen LogP contribution in [-0.4, -0.2) is 24.3 Å². The van der Waals surface area contributed by atoms with E-state index in [-0.39, 0.29) is 43.2 Å². The van der Waals surface area contributed by atoms with Gasteiger partial charge >= 0.3 is 5.97 Å². The van der Waals surface area contributed by atoms with Crippen LogP contribution in [0.5, 0.6) is 0 Å². The molecule has 37 heavy (non-hydrogen) atoms. The molecule has 0 radical (unpaired) electrons. The number of ether oxygens (including phenoxy) is 1. The van der Waals surface area contributed by atoms with Crippen molar-refractivity contribution in [3.63, 3.8) is 0 Å². The van der Waals surface area contributed by atoms with E-state index in [0.717, 1.165) is 16.7 Å². The van der Waals surface area contributed by atoms with Gasteiger partial charge < -0.3 is 15.4 Å². The summed E-state index contributed by atoms with van der Waals surface area (Å²) in [5, 5.41) is 6.04. The number of carbonyl (C=O) groups is 3. The van der Waals surface area contributed by atoms with Crippen LogP contribution in [0.1, 0.15) is 54.5 Å². The van der Waals surface area contributed by atoms with Gasteiger partial charge in [-0.15, -0.1) is 0 Å². The third-order valence-electron chi connectivity index (χ3n) is 6.38. The van der Waals surface area contributed by atoms with Crippen LogP contribution in [0.2, 0.25) is 0 Å². The van der Waals surface area contributed by atoms with Crippen molar-refractivity contribution in [2.45, 2.75) is 37.8 Å². The number of allylic oxidation sites excluding steroid dienone is 2. The predicted octanol–water partition coefficient (Wildman–Crippen LogP) is 5.04. The molecule has 190 valence electrons. The molecule has 0 bridgehead atoms.